The van der Waals surface area contributed by atoms with Gasteiger partial charge in [0.05, 0.1) is 28.3 Å². The molecule has 2 aromatic heterocycles. The lowest BCUT2D eigenvalue weighted by atomic mass is 10.2. The summed E-state index contributed by atoms with van der Waals surface area (Å²) in [7, 11) is 0. The molecule has 4 aromatic rings. The van der Waals surface area contributed by atoms with E-state index in [1.165, 1.54) is 24.8 Å². The molecule has 0 atom stereocenters. The number of carbonyl (C=O) groups excluding carboxylic acids is 1. The summed E-state index contributed by atoms with van der Waals surface area (Å²) in [6, 6.07) is 13.6. The van der Waals surface area contributed by atoms with Gasteiger partial charge >= 0.3 is 0 Å². The Morgan fingerprint density at radius 2 is 1.16 bits per heavy atom. The van der Waals surface area contributed by atoms with Gasteiger partial charge in [0.1, 0.15) is 11.6 Å². The summed E-state index contributed by atoms with van der Waals surface area (Å²) >= 11 is 23.7. The van der Waals surface area contributed by atoms with E-state index in [2.05, 4.69) is 40.0 Å². The molecule has 2 saturated heterocycles. The zero-order valence-electron chi connectivity index (χ0n) is 24.2. The van der Waals surface area contributed by atoms with E-state index in [9.17, 15) is 14.4 Å². The van der Waals surface area contributed by atoms with E-state index in [4.69, 9.17) is 46.4 Å². The monoisotopic (exact) mass is 692 g/mol. The van der Waals surface area contributed by atoms with Gasteiger partial charge in [0.15, 0.2) is 6.29 Å². The van der Waals surface area contributed by atoms with Crippen molar-refractivity contribution >= 4 is 64.3 Å². The Hall–Kier alpha value is -3.45. The van der Waals surface area contributed by atoms with Gasteiger partial charge in [-0.15, -0.1) is 0 Å². The number of carbonyl (C=O) groups is 1. The molecule has 238 valence electrons. The zero-order valence-corrected chi connectivity index (χ0v) is 27.2. The van der Waals surface area contributed by atoms with E-state index in [0.29, 0.717) is 31.9 Å². The maximum absolute atomic E-state index is 11.4. The molecule has 2 aliphatic rings. The molecule has 2 aliphatic heterocycles. The van der Waals surface area contributed by atoms with E-state index in [0.717, 1.165) is 76.1 Å². The predicted molar refractivity (Wildman–Crippen MR) is 181 cm³/mol. The van der Waals surface area contributed by atoms with Crippen LogP contribution < -0.4 is 26.2 Å². The molecule has 15 heteroatoms. The number of aldehydes is 1. The Morgan fingerprint density at radius 1 is 0.689 bits per heavy atom. The van der Waals surface area contributed by atoms with Crippen LogP contribution in [0.2, 0.25) is 20.1 Å². The highest BCUT2D eigenvalue weighted by atomic mass is 35.5. The first-order chi connectivity index (χ1) is 21.7. The normalized spacial score (nSPS) is 14.9. The largest absolute Gasteiger partial charge is 0.354 e. The van der Waals surface area contributed by atoms with Gasteiger partial charge < -0.3 is 25.1 Å². The van der Waals surface area contributed by atoms with Gasteiger partial charge in [-0.05, 0) is 24.3 Å². The minimum absolute atomic E-state index is 0.0940. The van der Waals surface area contributed by atoms with Crippen LogP contribution in [-0.2, 0) is 6.54 Å². The first-order valence-electron chi connectivity index (χ1n) is 14.1. The van der Waals surface area contributed by atoms with Gasteiger partial charge in [-0.2, -0.15) is 0 Å². The maximum atomic E-state index is 11.4. The Balaban J connectivity index is 0.000000170. The van der Waals surface area contributed by atoms with Gasteiger partial charge in [-0.25, -0.2) is 9.97 Å². The molecule has 0 unspecified atom stereocenters. The topological polar surface area (TPSA) is 130 Å². The Morgan fingerprint density at radius 3 is 1.60 bits per heavy atom. The first kappa shape index (κ1) is 34.4. The summed E-state index contributed by atoms with van der Waals surface area (Å²) in [6.07, 6.45) is 3.53. The van der Waals surface area contributed by atoms with Crippen LogP contribution in [0.1, 0.15) is 15.9 Å². The summed E-state index contributed by atoms with van der Waals surface area (Å²) in [5, 5.41) is 5.43. The third-order valence-corrected chi connectivity index (χ3v) is 8.39. The highest BCUT2D eigenvalue weighted by Crippen LogP contribution is 2.26. The highest BCUT2D eigenvalue weighted by molar-refractivity contribution is 6.38. The quantitative estimate of drug-likeness (QED) is 0.261. The van der Waals surface area contributed by atoms with Crippen LogP contribution in [0.3, 0.4) is 0 Å². The number of hydrogen-bond donors (Lipinski definition) is 3. The third kappa shape index (κ3) is 10.3. The molecule has 0 amide bonds. The molecule has 0 radical (unpaired) electrons. The number of hydrogen-bond acceptors (Lipinski definition) is 9. The molecule has 45 heavy (non-hydrogen) atoms. The van der Waals surface area contributed by atoms with Crippen LogP contribution in [0.4, 0.5) is 11.6 Å². The molecule has 0 spiro atoms. The number of rotatable bonds is 5. The molecule has 0 bridgehead atoms. The van der Waals surface area contributed by atoms with Crippen molar-refractivity contribution in [3.05, 3.63) is 113 Å². The van der Waals surface area contributed by atoms with Crippen molar-refractivity contribution in [3.8, 4) is 0 Å². The molecule has 11 nitrogen and oxygen atoms in total. The Kier molecular flexibility index (Phi) is 13.2. The molecule has 6 rings (SSSR count). The predicted octanol–water partition coefficient (Wildman–Crippen LogP) is 4.38. The summed E-state index contributed by atoms with van der Waals surface area (Å²) in [5.74, 6) is 1.49. The molecule has 4 heterocycles. The standard InChI is InChI=1S/C15H16Cl2N4O.C8H12N4O.C7H4Cl2O/c16-12-2-1-3-13(17)11(12)9-20-4-6-21(7-5-20)14-8-15(22)19-10-18-14;13-8-5-7(10-6-11-8)12-3-1-9-2-4-12;8-6-2-1-3-7(9)5(6)4-10/h1-3,8,10H,4-7,9H2,(H,18,19,22);5-6,9H,1-4H2,(H,10,11,13);1-4H. The van der Waals surface area contributed by atoms with Crippen molar-refractivity contribution in [2.45, 2.75) is 6.54 Å². The Labute approximate surface area is 280 Å². The number of nitrogens with one attached hydrogen (secondary N) is 3. The average molecular weight is 694 g/mol. The second kappa shape index (κ2) is 17.3. The van der Waals surface area contributed by atoms with E-state index >= 15 is 0 Å². The number of benzene rings is 2. The Bertz CT molecular complexity index is 1630. The highest BCUT2D eigenvalue weighted by Gasteiger charge is 2.20. The number of nitrogens with zero attached hydrogens (tertiary/aromatic N) is 5. The van der Waals surface area contributed by atoms with Crippen LogP contribution in [-0.4, -0.2) is 83.5 Å². The maximum Gasteiger partial charge on any atom is 0.252 e. The average Bonchev–Trinajstić information content (AvgIpc) is 3.04. The van der Waals surface area contributed by atoms with E-state index in [1.807, 2.05) is 18.2 Å². The van der Waals surface area contributed by atoms with E-state index in [-0.39, 0.29) is 11.1 Å². The lowest BCUT2D eigenvalue weighted by Gasteiger charge is -2.35. The molecule has 2 fully saturated rings. The summed E-state index contributed by atoms with van der Waals surface area (Å²) < 4.78 is 0. The molecule has 0 saturated carbocycles. The molecule has 0 aliphatic carbocycles. The number of H-pyrrole nitrogens is 2. The minimum atomic E-state index is -0.129. The van der Waals surface area contributed by atoms with Gasteiger partial charge in [-0.3, -0.25) is 19.3 Å². The number of halogens is 4. The SMILES string of the molecule is O=Cc1c(Cl)cccc1Cl.O=c1cc(N2CCN(Cc3c(Cl)cccc3Cl)CC2)nc[nH]1.O=c1cc(N2CCNCC2)nc[nH]1. The van der Waals surface area contributed by atoms with Crippen LogP contribution in [0.25, 0.3) is 0 Å². The van der Waals surface area contributed by atoms with Crippen LogP contribution in [0.5, 0.6) is 0 Å². The van der Waals surface area contributed by atoms with Gasteiger partial charge in [0.25, 0.3) is 11.1 Å². The fraction of sp³-hybridized carbons (Fsp3) is 0.300. The number of aromatic amines is 2. The van der Waals surface area contributed by atoms with Crippen molar-refractivity contribution in [1.82, 2.24) is 30.2 Å². The second-order valence-electron chi connectivity index (χ2n) is 9.99. The lowest BCUT2D eigenvalue weighted by molar-refractivity contribution is 0.112. The molecular weight excluding hydrogens is 662 g/mol. The van der Waals surface area contributed by atoms with Crippen molar-refractivity contribution in [1.29, 1.82) is 0 Å². The van der Waals surface area contributed by atoms with E-state index in [1.54, 1.807) is 18.2 Å². The van der Waals surface area contributed by atoms with Gasteiger partial charge in [0.2, 0.25) is 0 Å². The van der Waals surface area contributed by atoms with Gasteiger partial charge in [0, 0.05) is 86.6 Å². The summed E-state index contributed by atoms with van der Waals surface area (Å²) in [5.41, 5.74) is 1.10. The smallest absolute Gasteiger partial charge is 0.252 e. The molecular formula is C30H32Cl4N8O3. The number of piperazine rings is 2. The number of anilines is 2. The van der Waals surface area contributed by atoms with Crippen molar-refractivity contribution < 1.29 is 4.79 Å². The van der Waals surface area contributed by atoms with Crippen molar-refractivity contribution in [2.75, 3.05) is 62.2 Å². The van der Waals surface area contributed by atoms with Crippen LogP contribution in [0, 0.1) is 0 Å². The van der Waals surface area contributed by atoms with Crippen LogP contribution in [0.15, 0.2) is 70.8 Å². The fourth-order valence-corrected chi connectivity index (χ4v) is 5.63. The third-order valence-electron chi connectivity index (χ3n) is 7.03. The fourth-order valence-electron chi connectivity index (χ4n) is 4.62. The van der Waals surface area contributed by atoms with E-state index < -0.39 is 0 Å². The minimum Gasteiger partial charge on any atom is -0.354 e. The van der Waals surface area contributed by atoms with Crippen molar-refractivity contribution in [2.24, 2.45) is 0 Å². The van der Waals surface area contributed by atoms with Gasteiger partial charge in [-0.1, -0.05) is 58.5 Å². The second-order valence-corrected chi connectivity index (χ2v) is 11.6. The van der Waals surface area contributed by atoms with Crippen molar-refractivity contribution in [3.63, 3.8) is 0 Å². The zero-order chi connectivity index (χ0) is 32.2. The first-order valence-corrected chi connectivity index (χ1v) is 15.6. The lowest BCUT2D eigenvalue weighted by Crippen LogP contribution is -2.46. The summed E-state index contributed by atoms with van der Waals surface area (Å²) in [6.45, 7) is 7.84. The number of aromatic nitrogens is 4. The summed E-state index contributed by atoms with van der Waals surface area (Å²) in [4.78, 5) is 52.5. The molecule has 3 N–H and O–H groups in total. The molecule has 2 aromatic carbocycles. The van der Waals surface area contributed by atoms with Crippen LogP contribution >= 0.6 is 46.4 Å².